The number of pyridine rings is 1. The summed E-state index contributed by atoms with van der Waals surface area (Å²) in [6, 6.07) is 6.39. The third-order valence-corrected chi connectivity index (χ3v) is 12.1. The van der Waals surface area contributed by atoms with Crippen LogP contribution in [0.15, 0.2) is 30.5 Å². The van der Waals surface area contributed by atoms with Gasteiger partial charge >= 0.3 is 16.3 Å². The van der Waals surface area contributed by atoms with Crippen molar-refractivity contribution in [3.63, 3.8) is 0 Å². The van der Waals surface area contributed by atoms with Crippen molar-refractivity contribution < 1.29 is 46.0 Å². The molecular weight excluding hydrogens is 703 g/mol. The van der Waals surface area contributed by atoms with Crippen LogP contribution >= 0.6 is 0 Å². The first-order valence-electron chi connectivity index (χ1n) is 19.0. The van der Waals surface area contributed by atoms with E-state index < -0.39 is 57.4 Å². The van der Waals surface area contributed by atoms with Gasteiger partial charge in [0, 0.05) is 24.4 Å². The van der Waals surface area contributed by atoms with Crippen LogP contribution in [-0.4, -0.2) is 79.4 Å². The van der Waals surface area contributed by atoms with Crippen molar-refractivity contribution in [1.29, 1.82) is 0 Å². The summed E-state index contributed by atoms with van der Waals surface area (Å²) >= 11 is 0. The lowest BCUT2D eigenvalue weighted by atomic mass is 9.77. The molecule has 1 aromatic carbocycles. The lowest BCUT2D eigenvalue weighted by molar-refractivity contribution is -0.160. The monoisotopic (exact) mass is 755 g/mol. The van der Waals surface area contributed by atoms with Gasteiger partial charge < -0.3 is 19.1 Å². The number of hydrogen-bond acceptors (Lipinski definition) is 11. The van der Waals surface area contributed by atoms with Gasteiger partial charge in [-0.15, -0.1) is 0 Å². The fourth-order valence-electron chi connectivity index (χ4n) is 8.21. The van der Waals surface area contributed by atoms with Crippen molar-refractivity contribution in [2.75, 3.05) is 13.7 Å². The minimum Gasteiger partial charge on any atom is -0.497 e. The molecule has 4 aliphatic rings. The van der Waals surface area contributed by atoms with Crippen molar-refractivity contribution >= 4 is 44.6 Å². The molecule has 1 saturated heterocycles. The highest BCUT2D eigenvalue weighted by Gasteiger charge is 2.61. The average Bonchev–Trinajstić information content (AvgIpc) is 4.02. The number of benzene rings is 1. The zero-order valence-electron chi connectivity index (χ0n) is 31.4. The lowest BCUT2D eigenvalue weighted by Crippen LogP contribution is -2.48. The number of amides is 2. The van der Waals surface area contributed by atoms with Gasteiger partial charge in [-0.2, -0.15) is 8.42 Å². The second-order valence-electron chi connectivity index (χ2n) is 16.3. The molecule has 6 rings (SSSR count). The van der Waals surface area contributed by atoms with Crippen LogP contribution in [0, 0.1) is 23.2 Å². The van der Waals surface area contributed by atoms with Gasteiger partial charge in [-0.25, -0.2) is 9.71 Å². The summed E-state index contributed by atoms with van der Waals surface area (Å²) in [7, 11) is -2.75. The summed E-state index contributed by atoms with van der Waals surface area (Å²) in [5.74, 6) is -1.85. The molecule has 13 nitrogen and oxygen atoms in total. The van der Waals surface area contributed by atoms with Crippen LogP contribution in [0.3, 0.4) is 0 Å². The van der Waals surface area contributed by atoms with Gasteiger partial charge in [0.1, 0.15) is 17.5 Å². The zero-order chi connectivity index (χ0) is 38.1. The fourth-order valence-corrected chi connectivity index (χ4v) is 9.24. The molecule has 1 N–H and O–H groups in total. The van der Waals surface area contributed by atoms with E-state index in [1.807, 2.05) is 25.1 Å². The Balaban J connectivity index is 1.28. The highest BCUT2D eigenvalue weighted by Crippen LogP contribution is 2.58. The molecule has 0 bridgehead atoms. The van der Waals surface area contributed by atoms with Crippen molar-refractivity contribution in [1.82, 2.24) is 14.6 Å². The van der Waals surface area contributed by atoms with E-state index in [1.54, 1.807) is 40.1 Å². The smallest absolute Gasteiger partial charge is 0.362 e. The number of carbonyl (C=O) groups excluding carboxylic acids is 4. The van der Waals surface area contributed by atoms with E-state index in [-0.39, 0.29) is 49.3 Å². The largest absolute Gasteiger partial charge is 0.497 e. The number of methoxy groups -OCH3 is 1. The van der Waals surface area contributed by atoms with E-state index in [4.69, 9.17) is 18.4 Å². The molecule has 290 valence electrons. The van der Waals surface area contributed by atoms with E-state index >= 15 is 0 Å². The number of rotatable bonds is 15. The maximum Gasteiger partial charge on any atom is 0.362 e. The highest BCUT2D eigenvalue weighted by molar-refractivity contribution is 7.85. The summed E-state index contributed by atoms with van der Waals surface area (Å²) in [6.45, 7) is 7.32. The van der Waals surface area contributed by atoms with Crippen molar-refractivity contribution in [2.24, 2.45) is 23.2 Å². The van der Waals surface area contributed by atoms with E-state index in [9.17, 15) is 27.6 Å². The Hall–Kier alpha value is -3.78. The number of esters is 1. The molecule has 3 saturated carbocycles. The molecule has 3 aliphatic carbocycles. The zero-order valence-corrected chi connectivity index (χ0v) is 32.2. The van der Waals surface area contributed by atoms with Gasteiger partial charge in [0.05, 0.1) is 43.6 Å². The Labute approximate surface area is 312 Å². The molecule has 2 heterocycles. The number of hydrogen-bond donors (Lipinski definition) is 1. The maximum absolute atomic E-state index is 14.8. The quantitative estimate of drug-likeness (QED) is 0.230. The SMILES string of the molecule is CC[C@@H]1C[C@]1(CC(=O)[C@@H]1C[C@@H](Oc2nccc3cc(OC)ccc23)CN1C(=O)[C@@H](CC(=O)OC(C)(C)C)C1CCCCC1)C(=O)NS(=O)(=O)OC1CC1. The van der Waals surface area contributed by atoms with Gasteiger partial charge in [0.15, 0.2) is 5.78 Å². The minimum atomic E-state index is -4.34. The first kappa shape index (κ1) is 38.9. The standard InChI is InChI=1S/C39H53N3O10S/c1-6-26-21-39(26,37(46)41-53(47,48)52-27-12-13-27)22-33(43)32-19-29(50-35-30-15-14-28(49-5)18-25(30)16-17-40-35)23-42(32)36(45)31(24-10-8-7-9-11-24)20-34(44)51-38(2,3)4/h14-18,24,26-27,29,31-32H,6-13,19-23H2,1-5H3,(H,41,46)/t26-,29-,31+,32+,39-/m1/s1. The van der Waals surface area contributed by atoms with Crippen LogP contribution in [0.4, 0.5) is 0 Å². The Bertz CT molecular complexity index is 1820. The number of ether oxygens (including phenoxy) is 3. The molecule has 1 aliphatic heterocycles. The predicted octanol–water partition coefficient (Wildman–Crippen LogP) is 5.44. The molecule has 1 aromatic heterocycles. The molecular formula is C39H53N3O10S. The number of aromatic nitrogens is 1. The van der Waals surface area contributed by atoms with Gasteiger partial charge in [0.2, 0.25) is 17.7 Å². The van der Waals surface area contributed by atoms with Gasteiger partial charge in [0.25, 0.3) is 0 Å². The van der Waals surface area contributed by atoms with E-state index in [1.165, 1.54) is 4.90 Å². The summed E-state index contributed by atoms with van der Waals surface area (Å²) in [5.41, 5.74) is -1.97. The molecule has 0 spiro atoms. The normalized spacial score (nSPS) is 25.5. The van der Waals surface area contributed by atoms with Crippen LogP contribution in [0.25, 0.3) is 10.8 Å². The topological polar surface area (TPSA) is 168 Å². The fraction of sp³-hybridized carbons (Fsp3) is 0.667. The minimum absolute atomic E-state index is 0.0594. The van der Waals surface area contributed by atoms with Crippen LogP contribution in [0.1, 0.15) is 105 Å². The Morgan fingerprint density at radius 1 is 1.04 bits per heavy atom. The first-order valence-corrected chi connectivity index (χ1v) is 20.4. The number of fused-ring (bicyclic) bond motifs is 1. The van der Waals surface area contributed by atoms with E-state index in [0.717, 1.165) is 42.9 Å². The number of carbonyl (C=O) groups is 4. The highest BCUT2D eigenvalue weighted by atomic mass is 32.2. The number of nitrogens with zero attached hydrogens (tertiary/aromatic N) is 2. The predicted molar refractivity (Wildman–Crippen MR) is 195 cm³/mol. The Morgan fingerprint density at radius 3 is 2.42 bits per heavy atom. The number of nitrogens with one attached hydrogen (secondary N) is 1. The Kier molecular flexibility index (Phi) is 11.4. The van der Waals surface area contributed by atoms with Crippen molar-refractivity contribution in [3.8, 4) is 11.6 Å². The molecule has 5 atom stereocenters. The second-order valence-corrected chi connectivity index (χ2v) is 17.6. The van der Waals surface area contributed by atoms with Crippen LogP contribution < -0.4 is 14.2 Å². The third kappa shape index (κ3) is 9.30. The van der Waals surface area contributed by atoms with Crippen molar-refractivity contribution in [2.45, 2.75) is 129 Å². The number of Topliss-reactive ketones (excluding diaryl/α,β-unsaturated/α-hetero) is 1. The number of ketones is 1. The number of likely N-dealkylation sites (tertiary alicyclic amines) is 1. The first-order chi connectivity index (χ1) is 25.1. The molecule has 0 radical (unpaired) electrons. The second kappa shape index (κ2) is 15.5. The van der Waals surface area contributed by atoms with Gasteiger partial charge in [-0.1, -0.05) is 32.6 Å². The Morgan fingerprint density at radius 2 is 1.77 bits per heavy atom. The molecule has 2 amide bonds. The lowest BCUT2D eigenvalue weighted by Gasteiger charge is -2.34. The van der Waals surface area contributed by atoms with Crippen LogP contribution in [-0.2, 0) is 38.4 Å². The maximum atomic E-state index is 14.8. The van der Waals surface area contributed by atoms with Crippen LogP contribution in [0.5, 0.6) is 11.6 Å². The van der Waals surface area contributed by atoms with Gasteiger partial charge in [-0.3, -0.25) is 23.4 Å². The third-order valence-electron chi connectivity index (χ3n) is 11.1. The molecule has 0 unspecified atom stereocenters. The van der Waals surface area contributed by atoms with E-state index in [2.05, 4.69) is 9.71 Å². The van der Waals surface area contributed by atoms with Gasteiger partial charge in [-0.05, 0) is 94.4 Å². The summed E-state index contributed by atoms with van der Waals surface area (Å²) in [4.78, 5) is 62.1. The molecule has 53 heavy (non-hydrogen) atoms. The summed E-state index contributed by atoms with van der Waals surface area (Å²) in [6.07, 6.45) is 6.96. The summed E-state index contributed by atoms with van der Waals surface area (Å²) < 4.78 is 49.9. The molecule has 14 heteroatoms. The van der Waals surface area contributed by atoms with Crippen molar-refractivity contribution in [3.05, 3.63) is 30.5 Å². The summed E-state index contributed by atoms with van der Waals surface area (Å²) in [5, 5.41) is 1.58. The van der Waals surface area contributed by atoms with E-state index in [0.29, 0.717) is 37.3 Å². The average molecular weight is 756 g/mol. The molecule has 4 fully saturated rings. The molecule has 2 aromatic rings. The van der Waals surface area contributed by atoms with Crippen LogP contribution in [0.2, 0.25) is 0 Å².